The molecule has 0 fully saturated rings. The molecule has 0 N–H and O–H groups in total. The molecule has 0 atom stereocenters. The minimum Gasteiger partial charge on any atom is -0.313 e. The van der Waals surface area contributed by atoms with E-state index in [0.717, 1.165) is 16.8 Å². The number of nitrogens with zero attached hydrogens (tertiary/aromatic N) is 3. The maximum atomic E-state index is 13.7. The first-order chi connectivity index (χ1) is 14.6. The summed E-state index contributed by atoms with van der Waals surface area (Å²) in [6.07, 6.45) is 3.63. The molecular weight excluding hydrogens is 377 g/mol. The molecule has 30 heavy (non-hydrogen) atoms. The summed E-state index contributed by atoms with van der Waals surface area (Å²) in [4.78, 5) is 13.7. The van der Waals surface area contributed by atoms with E-state index in [0.29, 0.717) is 22.5 Å². The van der Waals surface area contributed by atoms with Crippen molar-refractivity contribution in [2.45, 2.75) is 6.92 Å². The molecule has 0 aliphatic rings. The van der Waals surface area contributed by atoms with Crippen LogP contribution in [0.1, 0.15) is 21.6 Å². The van der Waals surface area contributed by atoms with Crippen molar-refractivity contribution in [3.05, 3.63) is 114 Å². The number of aromatic nitrogens is 3. The Bertz CT molecular complexity index is 1370. The van der Waals surface area contributed by atoms with E-state index in [2.05, 4.69) is 5.10 Å². The molecule has 0 radical (unpaired) electrons. The third kappa shape index (κ3) is 3.01. The number of carbonyl (C=O) groups excluding carboxylic acids is 1. The van der Waals surface area contributed by atoms with E-state index in [1.54, 1.807) is 23.0 Å². The monoisotopic (exact) mass is 395 g/mol. The highest BCUT2D eigenvalue weighted by Crippen LogP contribution is 2.28. The number of ketones is 1. The molecule has 0 aliphatic carbocycles. The molecule has 3 heterocycles. The molecule has 0 saturated carbocycles. The van der Waals surface area contributed by atoms with Crippen molar-refractivity contribution < 1.29 is 9.18 Å². The van der Waals surface area contributed by atoms with Crippen LogP contribution in [0.15, 0.2) is 91.3 Å². The number of rotatable bonds is 4. The van der Waals surface area contributed by atoms with Gasteiger partial charge in [0.25, 0.3) is 0 Å². The van der Waals surface area contributed by atoms with E-state index in [-0.39, 0.29) is 11.6 Å². The van der Waals surface area contributed by atoms with Crippen LogP contribution < -0.4 is 0 Å². The number of hydrogen-bond acceptors (Lipinski definition) is 2. The lowest BCUT2D eigenvalue weighted by Gasteiger charge is -2.05. The molecule has 3 aromatic heterocycles. The number of aryl methyl sites for hydroxylation is 1. The van der Waals surface area contributed by atoms with Crippen LogP contribution in [0.3, 0.4) is 0 Å². The fourth-order valence-electron chi connectivity index (χ4n) is 3.75. The van der Waals surface area contributed by atoms with E-state index >= 15 is 0 Å². The Hall–Kier alpha value is -3.99. The highest BCUT2D eigenvalue weighted by Gasteiger charge is 2.24. The fraction of sp³-hybridized carbons (Fsp3) is 0.0400. The predicted octanol–water partition coefficient (Wildman–Crippen LogP) is 5.47. The number of para-hydroxylation sites is 1. The van der Waals surface area contributed by atoms with Crippen molar-refractivity contribution >= 4 is 11.3 Å². The smallest absolute Gasteiger partial charge is 0.213 e. The van der Waals surface area contributed by atoms with Crippen molar-refractivity contribution in [1.82, 2.24) is 14.2 Å². The van der Waals surface area contributed by atoms with Crippen molar-refractivity contribution in [3.8, 4) is 16.9 Å². The predicted molar refractivity (Wildman–Crippen MR) is 115 cm³/mol. The number of halogens is 1. The summed E-state index contributed by atoms with van der Waals surface area (Å²) in [6, 6.07) is 23.5. The lowest BCUT2D eigenvalue weighted by molar-refractivity contribution is 0.103. The molecule has 5 aromatic rings. The van der Waals surface area contributed by atoms with Crippen LogP contribution in [0.5, 0.6) is 0 Å². The molecule has 0 saturated heterocycles. The van der Waals surface area contributed by atoms with Gasteiger partial charge < -0.3 is 4.40 Å². The van der Waals surface area contributed by atoms with Crippen LogP contribution >= 0.6 is 0 Å². The van der Waals surface area contributed by atoms with Crippen LogP contribution in [0.25, 0.3) is 22.5 Å². The summed E-state index contributed by atoms with van der Waals surface area (Å²) in [5.41, 5.74) is 4.97. The second-order valence-electron chi connectivity index (χ2n) is 7.18. The minimum atomic E-state index is -0.331. The Kier molecular flexibility index (Phi) is 4.29. The summed E-state index contributed by atoms with van der Waals surface area (Å²) in [5, 5.41) is 4.69. The van der Waals surface area contributed by atoms with E-state index in [4.69, 9.17) is 0 Å². The molecule has 0 unspecified atom stereocenters. The van der Waals surface area contributed by atoms with Gasteiger partial charge >= 0.3 is 0 Å². The molecular formula is C25H18FN3O. The standard InChI is InChI=1S/C25H18FN3O/c1-17-15-21-9-5-6-14-28(21)24(17)25(30)22-16-29(20-7-3-2-4-8-20)27-23(22)18-10-12-19(26)13-11-18/h2-16H,1H3. The fourth-order valence-corrected chi connectivity index (χ4v) is 3.75. The Labute approximate surface area is 172 Å². The first-order valence-corrected chi connectivity index (χ1v) is 9.64. The number of hydrogen-bond donors (Lipinski definition) is 0. The third-order valence-corrected chi connectivity index (χ3v) is 5.18. The Morgan fingerprint density at radius 3 is 2.43 bits per heavy atom. The molecule has 0 spiro atoms. The van der Waals surface area contributed by atoms with Crippen LogP contribution in [0, 0.1) is 12.7 Å². The zero-order chi connectivity index (χ0) is 20.7. The summed E-state index contributed by atoms with van der Waals surface area (Å²) < 4.78 is 17.1. The minimum absolute atomic E-state index is 0.125. The molecule has 0 amide bonds. The molecule has 0 aliphatic heterocycles. The van der Waals surface area contributed by atoms with Gasteiger partial charge in [0, 0.05) is 23.5 Å². The Balaban J connectivity index is 1.71. The third-order valence-electron chi connectivity index (χ3n) is 5.18. The van der Waals surface area contributed by atoms with Crippen molar-refractivity contribution in [2.24, 2.45) is 0 Å². The van der Waals surface area contributed by atoms with Gasteiger partial charge in [-0.3, -0.25) is 4.79 Å². The normalized spacial score (nSPS) is 11.1. The number of fused-ring (bicyclic) bond motifs is 1. The number of pyridine rings is 1. The van der Waals surface area contributed by atoms with Crippen LogP contribution in [-0.2, 0) is 0 Å². The average Bonchev–Trinajstić information content (AvgIpc) is 3.35. The zero-order valence-electron chi connectivity index (χ0n) is 16.3. The van der Waals surface area contributed by atoms with Crippen molar-refractivity contribution in [3.63, 3.8) is 0 Å². The maximum absolute atomic E-state index is 13.7. The molecule has 4 nitrogen and oxygen atoms in total. The Morgan fingerprint density at radius 1 is 0.933 bits per heavy atom. The van der Waals surface area contributed by atoms with Gasteiger partial charge in [-0.1, -0.05) is 24.3 Å². The van der Waals surface area contributed by atoms with Crippen molar-refractivity contribution in [1.29, 1.82) is 0 Å². The highest BCUT2D eigenvalue weighted by atomic mass is 19.1. The van der Waals surface area contributed by atoms with E-state index in [1.807, 2.05) is 72.1 Å². The van der Waals surface area contributed by atoms with Gasteiger partial charge in [-0.15, -0.1) is 0 Å². The molecule has 2 aromatic carbocycles. The van der Waals surface area contributed by atoms with Gasteiger partial charge in [0.2, 0.25) is 5.78 Å². The summed E-state index contributed by atoms with van der Waals surface area (Å²) in [5.74, 6) is -0.456. The molecule has 5 rings (SSSR count). The average molecular weight is 395 g/mol. The van der Waals surface area contributed by atoms with E-state index in [1.165, 1.54) is 12.1 Å². The number of carbonyl (C=O) groups is 1. The summed E-state index contributed by atoms with van der Waals surface area (Å²) in [6.45, 7) is 1.93. The largest absolute Gasteiger partial charge is 0.313 e. The van der Waals surface area contributed by atoms with E-state index < -0.39 is 0 Å². The van der Waals surface area contributed by atoms with Crippen molar-refractivity contribution in [2.75, 3.05) is 0 Å². The van der Waals surface area contributed by atoms with E-state index in [9.17, 15) is 9.18 Å². The second-order valence-corrected chi connectivity index (χ2v) is 7.18. The quantitative estimate of drug-likeness (QED) is 0.379. The summed E-state index contributed by atoms with van der Waals surface area (Å²) in [7, 11) is 0. The van der Waals surface area contributed by atoms with Gasteiger partial charge in [0.15, 0.2) is 0 Å². The van der Waals surface area contributed by atoms with Crippen LogP contribution in [0.4, 0.5) is 4.39 Å². The van der Waals surface area contributed by atoms with Crippen LogP contribution in [0.2, 0.25) is 0 Å². The topological polar surface area (TPSA) is 39.3 Å². The molecule has 0 bridgehead atoms. The van der Waals surface area contributed by atoms with Gasteiger partial charge in [0.05, 0.1) is 16.9 Å². The van der Waals surface area contributed by atoms with Gasteiger partial charge in [-0.05, 0) is 67.1 Å². The van der Waals surface area contributed by atoms with Crippen LogP contribution in [-0.4, -0.2) is 20.0 Å². The lowest BCUT2D eigenvalue weighted by Crippen LogP contribution is -2.07. The lowest BCUT2D eigenvalue weighted by atomic mass is 10.0. The first kappa shape index (κ1) is 18.1. The second kappa shape index (κ2) is 7.12. The highest BCUT2D eigenvalue weighted by molar-refractivity contribution is 6.12. The number of benzene rings is 2. The Morgan fingerprint density at radius 2 is 1.67 bits per heavy atom. The van der Waals surface area contributed by atoms with Gasteiger partial charge in [0.1, 0.15) is 11.5 Å². The molecule has 5 heteroatoms. The first-order valence-electron chi connectivity index (χ1n) is 9.64. The van der Waals surface area contributed by atoms with Gasteiger partial charge in [-0.2, -0.15) is 5.10 Å². The zero-order valence-corrected chi connectivity index (χ0v) is 16.3. The molecule has 146 valence electrons. The SMILES string of the molecule is Cc1cc2ccccn2c1C(=O)c1cn(-c2ccccc2)nc1-c1ccc(F)cc1. The summed E-state index contributed by atoms with van der Waals surface area (Å²) >= 11 is 0. The van der Waals surface area contributed by atoms with Gasteiger partial charge in [-0.25, -0.2) is 9.07 Å². The maximum Gasteiger partial charge on any atom is 0.213 e.